The van der Waals surface area contributed by atoms with E-state index < -0.39 is 54.6 Å². The van der Waals surface area contributed by atoms with Gasteiger partial charge in [0.1, 0.15) is 23.5 Å². The summed E-state index contributed by atoms with van der Waals surface area (Å²) in [7, 11) is 0. The molecule has 1 amide bonds. The maximum Gasteiger partial charge on any atom is 0.431 e. The molecule has 2 aromatic rings. The Kier molecular flexibility index (Phi) is 7.48. The molecule has 0 bridgehead atoms. The SMILES string of the molecule is CC(C=O)N1CN(c2cc(Oc3cccnc3OCC(=O)O)c(Cl)cc2F)C(=O)C=C1C(F)(F)F. The molecule has 14 heteroatoms. The van der Waals surface area contributed by atoms with Gasteiger partial charge in [0, 0.05) is 18.3 Å². The molecular formula is C21H16ClF4N3O6. The Morgan fingerprint density at radius 3 is 2.69 bits per heavy atom. The molecule has 9 nitrogen and oxygen atoms in total. The normalized spacial score (nSPS) is 14.9. The second-order valence-corrected chi connectivity index (χ2v) is 7.51. The molecule has 1 aromatic carbocycles. The predicted molar refractivity (Wildman–Crippen MR) is 113 cm³/mol. The number of amides is 1. The molecule has 0 spiro atoms. The number of nitrogens with zero attached hydrogens (tertiary/aromatic N) is 3. The number of aliphatic carboxylic acids is 1. The first-order valence-electron chi connectivity index (χ1n) is 9.71. The number of ether oxygens (including phenoxy) is 2. The summed E-state index contributed by atoms with van der Waals surface area (Å²) in [5.41, 5.74) is -1.83. The number of hydrogen-bond donors (Lipinski definition) is 1. The van der Waals surface area contributed by atoms with Crippen LogP contribution in [0.5, 0.6) is 17.4 Å². The molecule has 0 saturated carbocycles. The van der Waals surface area contributed by atoms with Gasteiger partial charge in [0.15, 0.2) is 12.4 Å². The van der Waals surface area contributed by atoms with E-state index in [-0.39, 0.29) is 34.8 Å². The summed E-state index contributed by atoms with van der Waals surface area (Å²) in [6, 6.07) is 3.25. The highest BCUT2D eigenvalue weighted by molar-refractivity contribution is 6.32. The lowest BCUT2D eigenvalue weighted by atomic mass is 10.1. The van der Waals surface area contributed by atoms with Crippen molar-refractivity contribution in [2.24, 2.45) is 0 Å². The van der Waals surface area contributed by atoms with Crippen molar-refractivity contribution in [1.82, 2.24) is 9.88 Å². The van der Waals surface area contributed by atoms with Crippen LogP contribution in [0.15, 0.2) is 42.2 Å². The van der Waals surface area contributed by atoms with Crippen molar-refractivity contribution in [3.63, 3.8) is 0 Å². The Morgan fingerprint density at radius 1 is 1.34 bits per heavy atom. The van der Waals surface area contributed by atoms with Gasteiger partial charge < -0.3 is 24.3 Å². The molecular weight excluding hydrogens is 502 g/mol. The van der Waals surface area contributed by atoms with E-state index in [1.54, 1.807) is 0 Å². The zero-order valence-electron chi connectivity index (χ0n) is 17.8. The van der Waals surface area contributed by atoms with E-state index in [1.807, 2.05) is 0 Å². The molecule has 0 saturated heterocycles. The van der Waals surface area contributed by atoms with E-state index in [2.05, 4.69) is 4.98 Å². The average Bonchev–Trinajstić information content (AvgIpc) is 2.79. The Morgan fingerprint density at radius 2 is 2.06 bits per heavy atom. The number of carboxylic acids is 1. The smallest absolute Gasteiger partial charge is 0.431 e. The Bertz CT molecular complexity index is 1190. The fraction of sp³-hybridized carbons (Fsp3) is 0.238. The molecule has 1 aliphatic rings. The highest BCUT2D eigenvalue weighted by Crippen LogP contribution is 2.40. The number of allylic oxidation sites excluding steroid dienone is 1. The maximum absolute atomic E-state index is 14.8. The molecule has 1 aromatic heterocycles. The largest absolute Gasteiger partial charge is 0.479 e. The van der Waals surface area contributed by atoms with E-state index >= 15 is 0 Å². The molecule has 0 fully saturated rings. The van der Waals surface area contributed by atoms with Gasteiger partial charge in [-0.05, 0) is 25.1 Å². The first-order valence-corrected chi connectivity index (χ1v) is 10.1. The van der Waals surface area contributed by atoms with Gasteiger partial charge in [-0.3, -0.25) is 9.69 Å². The van der Waals surface area contributed by atoms with Crippen LogP contribution in [0.4, 0.5) is 23.2 Å². The molecule has 1 atom stereocenters. The lowest BCUT2D eigenvalue weighted by Crippen LogP contribution is -2.52. The minimum absolute atomic E-state index is 0.103. The van der Waals surface area contributed by atoms with Crippen LogP contribution in [0.1, 0.15) is 6.92 Å². The fourth-order valence-corrected chi connectivity index (χ4v) is 3.24. The van der Waals surface area contributed by atoms with Crippen molar-refractivity contribution in [3.8, 4) is 17.4 Å². The van der Waals surface area contributed by atoms with Crippen LogP contribution < -0.4 is 14.4 Å². The van der Waals surface area contributed by atoms with Gasteiger partial charge in [-0.1, -0.05) is 11.6 Å². The van der Waals surface area contributed by atoms with Crippen LogP contribution in [0, 0.1) is 5.82 Å². The first kappa shape index (κ1) is 25.7. The molecule has 186 valence electrons. The first-order chi connectivity index (χ1) is 16.4. The van der Waals surface area contributed by atoms with Crippen LogP contribution >= 0.6 is 11.6 Å². The second-order valence-electron chi connectivity index (χ2n) is 7.11. The number of carbonyl (C=O) groups is 3. The number of alkyl halides is 3. The zero-order valence-corrected chi connectivity index (χ0v) is 18.5. The minimum Gasteiger partial charge on any atom is -0.479 e. The van der Waals surface area contributed by atoms with Crippen LogP contribution in [-0.2, 0) is 14.4 Å². The number of aromatic nitrogens is 1. The standard InChI is InChI=1S/C21H16ClF4N3O6/c1-11(8-30)28-10-29(18(31)7-17(28)21(24,25)26)14-6-16(12(22)5-13(14)23)35-15-3-2-4-27-20(15)34-9-19(32)33/h2-8,11H,9-10H2,1H3,(H,32,33). The van der Waals surface area contributed by atoms with E-state index in [9.17, 15) is 31.9 Å². The summed E-state index contributed by atoms with van der Waals surface area (Å²) in [5, 5.41) is 8.52. The van der Waals surface area contributed by atoms with Crippen molar-refractivity contribution in [3.05, 3.63) is 53.1 Å². The quantitative estimate of drug-likeness (QED) is 0.416. The molecule has 2 heterocycles. The Balaban J connectivity index is 2.00. The van der Waals surface area contributed by atoms with Gasteiger partial charge in [-0.25, -0.2) is 14.2 Å². The number of benzene rings is 1. The monoisotopic (exact) mass is 517 g/mol. The number of carbonyl (C=O) groups excluding carboxylic acids is 2. The Labute approximate surface area is 200 Å². The molecule has 1 N–H and O–H groups in total. The van der Waals surface area contributed by atoms with Crippen molar-refractivity contribution in [2.45, 2.75) is 19.1 Å². The third-order valence-electron chi connectivity index (χ3n) is 4.69. The summed E-state index contributed by atoms with van der Waals surface area (Å²) >= 11 is 6.05. The van der Waals surface area contributed by atoms with Crippen molar-refractivity contribution in [2.75, 3.05) is 18.2 Å². The third kappa shape index (κ3) is 5.80. The number of carboxylic acid groups (broad SMARTS) is 1. The maximum atomic E-state index is 14.8. The molecule has 1 aliphatic heterocycles. The lowest BCUT2D eigenvalue weighted by molar-refractivity contribution is -0.139. The molecule has 35 heavy (non-hydrogen) atoms. The number of hydrogen-bond acceptors (Lipinski definition) is 7. The predicted octanol–water partition coefficient (Wildman–Crippen LogP) is 3.77. The van der Waals surface area contributed by atoms with E-state index in [1.165, 1.54) is 25.3 Å². The van der Waals surface area contributed by atoms with E-state index in [0.717, 1.165) is 12.1 Å². The van der Waals surface area contributed by atoms with Gasteiger partial charge >= 0.3 is 12.1 Å². The number of pyridine rings is 1. The van der Waals surface area contributed by atoms with Crippen molar-refractivity contribution < 1.29 is 46.5 Å². The summed E-state index contributed by atoms with van der Waals surface area (Å²) < 4.78 is 65.6. The van der Waals surface area contributed by atoms with Crippen LogP contribution in [-0.4, -0.2) is 58.6 Å². The number of halogens is 5. The van der Waals surface area contributed by atoms with Gasteiger partial charge in [-0.15, -0.1) is 0 Å². The Hall–Kier alpha value is -3.87. The minimum atomic E-state index is -4.93. The number of aldehydes is 1. The van der Waals surface area contributed by atoms with Crippen molar-refractivity contribution >= 4 is 35.5 Å². The topological polar surface area (TPSA) is 109 Å². The third-order valence-corrected chi connectivity index (χ3v) is 4.98. The van der Waals surface area contributed by atoms with Gasteiger partial charge in [0.05, 0.1) is 23.4 Å². The molecule has 3 rings (SSSR count). The lowest BCUT2D eigenvalue weighted by Gasteiger charge is -2.39. The van der Waals surface area contributed by atoms with E-state index in [4.69, 9.17) is 26.2 Å². The summed E-state index contributed by atoms with van der Waals surface area (Å²) in [4.78, 5) is 39.6. The number of anilines is 1. The van der Waals surface area contributed by atoms with Crippen molar-refractivity contribution in [1.29, 1.82) is 0 Å². The molecule has 0 radical (unpaired) electrons. The molecule has 1 unspecified atom stereocenters. The van der Waals surface area contributed by atoms with Crippen LogP contribution in [0.25, 0.3) is 0 Å². The highest BCUT2D eigenvalue weighted by Gasteiger charge is 2.44. The highest BCUT2D eigenvalue weighted by atomic mass is 35.5. The van der Waals surface area contributed by atoms with Gasteiger partial charge in [-0.2, -0.15) is 13.2 Å². The summed E-state index contributed by atoms with van der Waals surface area (Å²) in [5.74, 6) is -4.09. The fourth-order valence-electron chi connectivity index (χ4n) is 3.05. The number of rotatable bonds is 8. The second kappa shape index (κ2) is 10.2. The zero-order chi connectivity index (χ0) is 25.9. The average molecular weight is 518 g/mol. The van der Waals surface area contributed by atoms with Gasteiger partial charge in [0.2, 0.25) is 0 Å². The van der Waals surface area contributed by atoms with Gasteiger partial charge in [0.25, 0.3) is 11.8 Å². The summed E-state index contributed by atoms with van der Waals surface area (Å²) in [6.07, 6.45) is -3.13. The van der Waals surface area contributed by atoms with E-state index in [0.29, 0.717) is 9.80 Å². The summed E-state index contributed by atoms with van der Waals surface area (Å²) in [6.45, 7) is -0.340. The van der Waals surface area contributed by atoms with Crippen LogP contribution in [0.2, 0.25) is 5.02 Å². The molecule has 0 aliphatic carbocycles. The van der Waals surface area contributed by atoms with Crippen LogP contribution in [0.3, 0.4) is 0 Å².